The standard InChI is InChI=1S/C30H33N7O3S.C25H25N7OS.C20H28N5O3.C10H5BrN2.C2HF3O.H3N17.Na.H2S/c1-19-25(35-28(38)40-29(2,3)4)30(18-39-19)8-12-36(13-9-30)27-34-17-24(26-33-11-14-37(26)27)41-23-7-10-32-22-15-20(16-31)5-6-21(22)23;1-16-22(27)25(15-33-16)5-9-31(10-6-25)24-30-14-21(23-29-8-11-32(23)24)34-20-4-7-28-19-12-17(13-26)2-3-18(19)20;1-14-16(23-18(26)28-19(2,3)4)20(13-27-14)6-10-24(11-7-20)17-22-8-5-15-21-9-12-25(15)17;11-9-3-4-13-10-5-7(6-12)1-2-8(9)10;3-2(4,5)1-6;1-3-5-7-9-11-13-15-17-16-14-12-10-8-6-4-2;;/h5-7,10-11,14-15,17,19,25H,8-9,12-13,18H2,1-4H3,(H,35,38);2-4,7-8,11-12,14,16,22H,5-6,9-10,15,27H2,1H3;8-9,12,14,16H,6-7,10-11,13H2,1-4H3,(H,23,26);1-5H;1H;(H3,1,2,5,6,9,10,13,14,17);;1H2/q;;-1;;;;+1;/p-1/t19-,25+;16-,22+;14-,16+;;;;;/m000...../s1. The molecule has 3 aromatic carbocycles. The number of aromatic nitrogens is 12. The van der Waals surface area contributed by atoms with E-state index in [1.807, 2.05) is 156 Å². The average Bonchev–Trinajstić information content (AvgIpc) is 1.45. The van der Waals surface area contributed by atoms with Gasteiger partial charge in [0.2, 0.25) is 24.1 Å². The quantitative estimate of drug-likeness (QED) is 0.00876. The molecule has 46 nitrogen and oxygen atoms in total. The number of aldehydes is 1. The molecule has 0 bridgehead atoms. The predicted octanol–water partition coefficient (Wildman–Crippen LogP) is 14.1. The van der Waals surface area contributed by atoms with E-state index in [4.69, 9.17) is 55.0 Å². The number of nitriles is 3. The van der Waals surface area contributed by atoms with E-state index in [9.17, 15) is 33.3 Å². The first kappa shape index (κ1) is 108. The van der Waals surface area contributed by atoms with Gasteiger partial charge in [0.15, 0.2) is 11.3 Å². The number of thiol groups is 1. The zero-order valence-corrected chi connectivity index (χ0v) is 84.1. The second kappa shape index (κ2) is 49.1. The van der Waals surface area contributed by atoms with Crippen LogP contribution in [-0.2, 0) is 42.0 Å². The summed E-state index contributed by atoms with van der Waals surface area (Å²) >= 11 is 6.63. The van der Waals surface area contributed by atoms with E-state index in [0.717, 1.165) is 176 Å². The average molecular weight is 2060 g/mol. The van der Waals surface area contributed by atoms with E-state index >= 15 is 0 Å². The summed E-state index contributed by atoms with van der Waals surface area (Å²) < 4.78 is 67.2. The summed E-state index contributed by atoms with van der Waals surface area (Å²) in [5.41, 5.74) is 18.2. The Morgan fingerprint density at radius 2 is 0.879 bits per heavy atom. The number of anilines is 3. The summed E-state index contributed by atoms with van der Waals surface area (Å²) in [6.45, 7) is 24.4. The third-order valence-electron chi connectivity index (χ3n) is 23.5. The number of rotatable bonds is 16. The van der Waals surface area contributed by atoms with E-state index in [1.54, 1.807) is 78.9 Å². The molecule has 141 heavy (non-hydrogen) atoms. The second-order valence-corrected chi connectivity index (χ2v) is 37.5. The number of benzene rings is 3. The number of nitrogens with two attached hydrogens (primary N) is 2. The number of imidazole rings is 3. The predicted molar refractivity (Wildman–Crippen MR) is 509 cm³/mol. The number of fused-ring (bicyclic) bond motifs is 6. The van der Waals surface area contributed by atoms with E-state index < -0.39 is 29.8 Å². The van der Waals surface area contributed by atoms with Crippen LogP contribution in [0.5, 0.6) is 0 Å². The molecule has 54 heteroatoms. The third-order valence-corrected chi connectivity index (χ3v) is 26.3. The van der Waals surface area contributed by atoms with Crippen molar-refractivity contribution in [1.82, 2.24) is 68.7 Å². The van der Waals surface area contributed by atoms with Gasteiger partial charge in [-0.1, -0.05) is 62.9 Å². The van der Waals surface area contributed by atoms with Crippen LogP contribution in [0.3, 0.4) is 0 Å². The van der Waals surface area contributed by atoms with Crippen LogP contribution in [-0.4, -0.2) is 189 Å². The fraction of sp³-hybridized carbons (Fsp3) is 0.414. The number of halogens is 4. The molecule has 6 fully saturated rings. The molecule has 0 aliphatic carbocycles. The molecule has 730 valence electrons. The Labute approximate surface area is 850 Å². The number of hydrogen-bond donors (Lipinski definition) is 5. The first-order valence-corrected chi connectivity index (χ1v) is 45.7. The smallest absolute Gasteiger partial charge is 0.813 e. The van der Waals surface area contributed by atoms with E-state index in [1.165, 1.54) is 0 Å². The Morgan fingerprint density at radius 1 is 0.518 bits per heavy atom. The summed E-state index contributed by atoms with van der Waals surface area (Å²) in [4.78, 5) is 85.5. The van der Waals surface area contributed by atoms with Crippen LogP contribution < -0.4 is 66.5 Å². The fourth-order valence-corrected chi connectivity index (χ4v) is 19.3. The van der Waals surface area contributed by atoms with Gasteiger partial charge >= 0.3 is 47.9 Å². The van der Waals surface area contributed by atoms with Crippen molar-refractivity contribution in [3.8, 4) is 18.2 Å². The Balaban J connectivity index is 0.000000173. The van der Waals surface area contributed by atoms with Gasteiger partial charge in [0.25, 0.3) is 0 Å². The van der Waals surface area contributed by atoms with Crippen LogP contribution >= 0.6 is 39.5 Å². The van der Waals surface area contributed by atoms with Crippen LogP contribution in [0.25, 0.3) is 49.7 Å². The second-order valence-electron chi connectivity index (χ2n) is 34.5. The molecular formula is C87H96BrF3N38NaO8S3-. The molecule has 0 radical (unpaired) electrons. The molecule has 18 rings (SSSR count). The molecule has 9 aromatic heterocycles. The molecule has 7 N–H and O–H groups in total. The minimum absolute atomic E-state index is 0. The molecule has 15 heterocycles. The molecular weight excluding hydrogens is 1960 g/mol. The van der Waals surface area contributed by atoms with Crippen LogP contribution in [0.2, 0.25) is 0 Å². The van der Waals surface area contributed by atoms with Gasteiger partial charge in [-0.3, -0.25) is 38.5 Å². The fourth-order valence-electron chi connectivity index (χ4n) is 16.8. The summed E-state index contributed by atoms with van der Waals surface area (Å²) in [6, 6.07) is 31.9. The first-order valence-electron chi connectivity index (χ1n) is 43.3. The van der Waals surface area contributed by atoms with E-state index in [0.29, 0.717) is 29.9 Å². The molecule has 0 unspecified atom stereocenters. The molecule has 0 saturated carbocycles. The zero-order chi connectivity index (χ0) is 99.1. The number of carbonyl (C=O) groups excluding carboxylic acids is 3. The largest absolute Gasteiger partial charge is 1.00 e. The molecule has 6 saturated heterocycles. The van der Waals surface area contributed by atoms with E-state index in [-0.39, 0.29) is 102 Å². The number of hydrogen-bond acceptors (Lipinski definition) is 29. The number of amides is 2. The number of nitrogens with zero attached hydrogens (tertiary/aromatic N) is 33. The molecule has 3 spiro atoms. The van der Waals surface area contributed by atoms with Crippen molar-refractivity contribution in [3.05, 3.63) is 174 Å². The number of carbonyl (C=O) groups is 3. The number of pyridine rings is 3. The summed E-state index contributed by atoms with van der Waals surface area (Å²) in [6.07, 6.45) is 21.0. The maximum Gasteiger partial charge on any atom is 1.00 e. The van der Waals surface area contributed by atoms with Gasteiger partial charge in [-0.2, -0.15) is 34.5 Å². The summed E-state index contributed by atoms with van der Waals surface area (Å²) in [5, 5.41) is 79.6. The zero-order valence-electron chi connectivity index (χ0n) is 78.0. The number of ether oxygens (including phenoxy) is 5. The van der Waals surface area contributed by atoms with Crippen molar-refractivity contribution < 1.29 is 80.8 Å². The van der Waals surface area contributed by atoms with Crippen molar-refractivity contribution in [2.75, 3.05) is 73.8 Å². The maximum absolute atomic E-state index is 12.6. The van der Waals surface area contributed by atoms with Gasteiger partial charge < -0.3 is 84.6 Å². The Morgan fingerprint density at radius 3 is 1.27 bits per heavy atom. The van der Waals surface area contributed by atoms with Crippen molar-refractivity contribution >= 4 is 139 Å². The van der Waals surface area contributed by atoms with Crippen molar-refractivity contribution in [3.63, 3.8) is 0 Å². The molecule has 6 aliphatic rings. The maximum atomic E-state index is 12.6. The summed E-state index contributed by atoms with van der Waals surface area (Å²) in [5.74, 6) is 7.21. The van der Waals surface area contributed by atoms with Crippen molar-refractivity contribution in [1.29, 1.82) is 21.3 Å². The minimum Gasteiger partial charge on any atom is -0.813 e. The molecule has 6 aliphatic heterocycles. The normalized spacial score (nSPS) is 19.2. The Kier molecular flexibility index (Phi) is 37.6. The van der Waals surface area contributed by atoms with Gasteiger partial charge in [0.1, 0.15) is 11.2 Å². The van der Waals surface area contributed by atoms with Crippen molar-refractivity contribution in [2.24, 2.45) is 106 Å². The van der Waals surface area contributed by atoms with Gasteiger partial charge in [-0.05, 0) is 234 Å². The number of alkyl carbamates (subject to hydrolysis) is 2. The topological polar surface area (TPSA) is 593 Å². The van der Waals surface area contributed by atoms with Gasteiger partial charge in [-0.25, -0.2) is 29.5 Å². The minimum atomic E-state index is -4.64. The Hall–Kier alpha value is -13.4. The monoisotopic (exact) mass is 2060 g/mol. The SMILES string of the molecule is C[C@@H]1OCC2(CCN(c3nc[c-]c4nccn34)CC2)[C@@H]1NC(=O)OC(C)(C)C.C[C@@H]1OCC2(CCN(c3ncc(Sc4ccnc5cc(C#N)ccc45)c4nccn34)CC2)[C@@H]1N.C[C@@H]1OCC2(CCN(c3ncc(Sc4ccnc5cc(C#N)ccc45)c4nccn34)CC2)[C@@H]1NC(=O)OC(C)(C)C.N#Cc1ccc2c(Br)ccnc2c1.N=N/N=N/N=N/N=N/N=N/N=N/N=N/N=N/N.O=CC(F)(F)F.[Na+].[SH-]. The molecule has 2 amide bonds. The van der Waals surface area contributed by atoms with Gasteiger partial charge in [0.05, 0.1) is 111 Å². The van der Waals surface area contributed by atoms with Crippen molar-refractivity contribution in [2.45, 2.75) is 174 Å². The Bertz CT molecular complexity index is 6740. The summed E-state index contributed by atoms with van der Waals surface area (Å²) in [7, 11) is 0. The number of nitrogens with one attached hydrogen (secondary N) is 3. The van der Waals surface area contributed by atoms with Gasteiger partial charge in [0, 0.05) is 160 Å². The van der Waals surface area contributed by atoms with Crippen LogP contribution in [0.15, 0.2) is 250 Å². The van der Waals surface area contributed by atoms with Crippen LogP contribution in [0.1, 0.15) is 118 Å². The molecule has 6 atom stereocenters. The van der Waals surface area contributed by atoms with Crippen LogP contribution in [0.4, 0.5) is 40.6 Å². The number of piperidine rings is 3. The van der Waals surface area contributed by atoms with Crippen LogP contribution in [0, 0.1) is 61.8 Å². The van der Waals surface area contributed by atoms with Gasteiger partial charge in [-0.15, -0.1) is 6.20 Å². The first-order chi connectivity index (χ1) is 66.8. The van der Waals surface area contributed by atoms with E-state index in [2.05, 4.69) is 196 Å². The molecule has 12 aromatic rings. The number of alkyl halides is 3. The third kappa shape index (κ3) is 27.6.